The van der Waals surface area contributed by atoms with Crippen molar-refractivity contribution < 1.29 is 19.1 Å². The first-order valence-electron chi connectivity index (χ1n) is 7.24. The van der Waals surface area contributed by atoms with Gasteiger partial charge in [-0.3, -0.25) is 4.79 Å². The Kier molecular flexibility index (Phi) is 7.65. The molecule has 0 radical (unpaired) electrons. The maximum Gasteiger partial charge on any atom is 0.328 e. The summed E-state index contributed by atoms with van der Waals surface area (Å²) in [6.07, 6.45) is -0.315. The summed E-state index contributed by atoms with van der Waals surface area (Å²) < 4.78 is 10.2. The summed E-state index contributed by atoms with van der Waals surface area (Å²) in [7, 11) is 1.29. The lowest BCUT2D eigenvalue weighted by Gasteiger charge is -2.21. The van der Waals surface area contributed by atoms with E-state index in [1.807, 2.05) is 13.8 Å². The van der Waals surface area contributed by atoms with Crippen molar-refractivity contribution in [1.29, 1.82) is 0 Å². The molecule has 1 aromatic rings. The van der Waals surface area contributed by atoms with Gasteiger partial charge in [-0.15, -0.1) is 0 Å². The van der Waals surface area contributed by atoms with Gasteiger partial charge in [0.25, 0.3) is 5.91 Å². The lowest BCUT2D eigenvalue weighted by atomic mass is 10.0. The molecule has 2 unspecified atom stereocenters. The zero-order valence-electron chi connectivity index (χ0n) is 13.6. The molecule has 7 heteroatoms. The molecule has 0 aromatic heterocycles. The molecule has 0 aliphatic carbocycles. The Labute approximate surface area is 146 Å². The van der Waals surface area contributed by atoms with Crippen molar-refractivity contribution in [1.82, 2.24) is 5.32 Å². The normalized spacial score (nSPS) is 13.3. The van der Waals surface area contributed by atoms with Gasteiger partial charge in [0.1, 0.15) is 11.8 Å². The monoisotopic (exact) mass is 361 g/mol. The number of nitrogens with one attached hydrogen (secondary N) is 1. The summed E-state index contributed by atoms with van der Waals surface area (Å²) in [6, 6.07) is 4.02. The molecule has 0 saturated carbocycles. The Balaban J connectivity index is 2.70. The van der Waals surface area contributed by atoms with Crippen molar-refractivity contribution in [3.8, 4) is 5.75 Å². The van der Waals surface area contributed by atoms with Crippen LogP contribution in [0.3, 0.4) is 0 Å². The second-order valence-corrected chi connectivity index (χ2v) is 6.36. The van der Waals surface area contributed by atoms with Crippen LogP contribution in [0.4, 0.5) is 0 Å². The summed E-state index contributed by atoms with van der Waals surface area (Å²) >= 11 is 11.7. The molecule has 23 heavy (non-hydrogen) atoms. The van der Waals surface area contributed by atoms with E-state index < -0.39 is 24.0 Å². The number of ether oxygens (including phenoxy) is 2. The molecule has 1 rings (SSSR count). The third-order valence-electron chi connectivity index (χ3n) is 3.08. The van der Waals surface area contributed by atoms with Crippen molar-refractivity contribution in [3.05, 3.63) is 28.2 Å². The quantitative estimate of drug-likeness (QED) is 0.755. The second kappa shape index (κ2) is 8.99. The number of carbonyl (C=O) groups is 2. The van der Waals surface area contributed by atoms with E-state index >= 15 is 0 Å². The molecule has 0 aliphatic heterocycles. The predicted molar refractivity (Wildman–Crippen MR) is 90.0 cm³/mol. The number of hydrogen-bond acceptors (Lipinski definition) is 4. The Morgan fingerprint density at radius 1 is 1.17 bits per heavy atom. The molecule has 2 atom stereocenters. The minimum Gasteiger partial charge on any atom is -0.481 e. The van der Waals surface area contributed by atoms with Crippen molar-refractivity contribution in [2.24, 2.45) is 5.92 Å². The Morgan fingerprint density at radius 3 is 2.35 bits per heavy atom. The van der Waals surface area contributed by atoms with Crippen molar-refractivity contribution in [2.45, 2.75) is 39.3 Å². The van der Waals surface area contributed by atoms with Crippen LogP contribution < -0.4 is 10.1 Å². The lowest BCUT2D eigenvalue weighted by Crippen LogP contribution is -2.47. The van der Waals surface area contributed by atoms with E-state index in [0.717, 1.165) is 0 Å². The highest BCUT2D eigenvalue weighted by Gasteiger charge is 2.25. The first-order valence-corrected chi connectivity index (χ1v) is 8.00. The Bertz CT molecular complexity index is 563. The second-order valence-electron chi connectivity index (χ2n) is 5.55. The minimum absolute atomic E-state index is 0.227. The summed E-state index contributed by atoms with van der Waals surface area (Å²) in [6.45, 7) is 5.50. The van der Waals surface area contributed by atoms with Gasteiger partial charge in [0.2, 0.25) is 0 Å². The Morgan fingerprint density at radius 2 is 1.83 bits per heavy atom. The van der Waals surface area contributed by atoms with Crippen LogP contribution in [0, 0.1) is 5.92 Å². The largest absolute Gasteiger partial charge is 0.481 e. The van der Waals surface area contributed by atoms with E-state index in [2.05, 4.69) is 5.32 Å². The average molecular weight is 362 g/mol. The van der Waals surface area contributed by atoms with Gasteiger partial charge in [0.15, 0.2) is 6.10 Å². The summed E-state index contributed by atoms with van der Waals surface area (Å²) in [5.41, 5.74) is 0. The number of carbonyl (C=O) groups excluding carboxylic acids is 2. The van der Waals surface area contributed by atoms with Crippen LogP contribution in [0.1, 0.15) is 27.2 Å². The molecule has 1 amide bonds. The molecule has 0 aliphatic rings. The molecule has 128 valence electrons. The van der Waals surface area contributed by atoms with Gasteiger partial charge in [-0.1, -0.05) is 37.0 Å². The third-order valence-corrected chi connectivity index (χ3v) is 3.82. The van der Waals surface area contributed by atoms with E-state index in [1.54, 1.807) is 19.1 Å². The van der Waals surface area contributed by atoms with Gasteiger partial charge in [0.05, 0.1) is 17.2 Å². The van der Waals surface area contributed by atoms with Gasteiger partial charge >= 0.3 is 5.97 Å². The standard InChI is InChI=1S/C16H21Cl2NO4/c1-9(2)7-14(16(21)22-4)19-15(20)10(3)23-11-5-6-12(17)13(18)8-11/h5-6,8-10,14H,7H2,1-4H3,(H,19,20). The smallest absolute Gasteiger partial charge is 0.328 e. The number of rotatable bonds is 7. The van der Waals surface area contributed by atoms with E-state index in [0.29, 0.717) is 22.2 Å². The molecule has 1 aromatic carbocycles. The molecule has 0 fully saturated rings. The van der Waals surface area contributed by atoms with E-state index in [9.17, 15) is 9.59 Å². The number of methoxy groups -OCH3 is 1. The molecule has 5 nitrogen and oxygen atoms in total. The molecule has 0 heterocycles. The van der Waals surface area contributed by atoms with Gasteiger partial charge in [0, 0.05) is 6.07 Å². The van der Waals surface area contributed by atoms with Gasteiger partial charge in [-0.25, -0.2) is 4.79 Å². The topological polar surface area (TPSA) is 64.6 Å². The predicted octanol–water partition coefficient (Wildman–Crippen LogP) is 3.46. The summed E-state index contributed by atoms with van der Waals surface area (Å²) in [5.74, 6) is -0.243. The zero-order valence-corrected chi connectivity index (χ0v) is 15.1. The fraction of sp³-hybridized carbons (Fsp3) is 0.500. The maximum atomic E-state index is 12.2. The van der Waals surface area contributed by atoms with Gasteiger partial charge in [-0.05, 0) is 31.4 Å². The van der Waals surface area contributed by atoms with Gasteiger partial charge in [-0.2, -0.15) is 0 Å². The fourth-order valence-corrected chi connectivity index (χ4v) is 2.21. The highest BCUT2D eigenvalue weighted by molar-refractivity contribution is 6.42. The lowest BCUT2D eigenvalue weighted by molar-refractivity contribution is -0.146. The fourth-order valence-electron chi connectivity index (χ4n) is 1.92. The number of hydrogen-bond donors (Lipinski definition) is 1. The number of benzene rings is 1. The summed E-state index contributed by atoms with van der Waals surface area (Å²) in [4.78, 5) is 23.9. The molecule has 0 saturated heterocycles. The SMILES string of the molecule is COC(=O)C(CC(C)C)NC(=O)C(C)Oc1ccc(Cl)c(Cl)c1. The molecule has 0 spiro atoms. The van der Waals surface area contributed by atoms with Crippen LogP contribution in [-0.2, 0) is 14.3 Å². The van der Waals surface area contributed by atoms with E-state index in [4.69, 9.17) is 32.7 Å². The number of esters is 1. The van der Waals surface area contributed by atoms with E-state index in [-0.39, 0.29) is 5.92 Å². The maximum absolute atomic E-state index is 12.2. The van der Waals surface area contributed by atoms with Gasteiger partial charge < -0.3 is 14.8 Å². The van der Waals surface area contributed by atoms with Crippen molar-refractivity contribution in [2.75, 3.05) is 7.11 Å². The van der Waals surface area contributed by atoms with Crippen molar-refractivity contribution in [3.63, 3.8) is 0 Å². The third kappa shape index (κ3) is 6.28. The van der Waals surface area contributed by atoms with Crippen LogP contribution >= 0.6 is 23.2 Å². The zero-order chi connectivity index (χ0) is 17.6. The molecular formula is C16H21Cl2NO4. The van der Waals surface area contributed by atoms with Crippen LogP contribution in [0.15, 0.2) is 18.2 Å². The van der Waals surface area contributed by atoms with Crippen LogP contribution in [0.2, 0.25) is 10.0 Å². The average Bonchev–Trinajstić information content (AvgIpc) is 2.48. The molecular weight excluding hydrogens is 341 g/mol. The minimum atomic E-state index is -0.799. The highest BCUT2D eigenvalue weighted by atomic mass is 35.5. The van der Waals surface area contributed by atoms with E-state index in [1.165, 1.54) is 13.2 Å². The summed E-state index contributed by atoms with van der Waals surface area (Å²) in [5, 5.41) is 3.39. The van der Waals surface area contributed by atoms with Crippen molar-refractivity contribution >= 4 is 35.1 Å². The first-order chi connectivity index (χ1) is 10.7. The van der Waals surface area contributed by atoms with Crippen LogP contribution in [0.25, 0.3) is 0 Å². The van der Waals surface area contributed by atoms with Crippen LogP contribution in [0.5, 0.6) is 5.75 Å². The molecule has 1 N–H and O–H groups in total. The highest BCUT2D eigenvalue weighted by Crippen LogP contribution is 2.26. The number of halogens is 2. The Hall–Kier alpha value is -1.46. The number of amides is 1. The van der Waals surface area contributed by atoms with Crippen LogP contribution in [-0.4, -0.2) is 31.1 Å². The first kappa shape index (κ1) is 19.6. The molecule has 0 bridgehead atoms.